The highest BCUT2D eigenvalue weighted by molar-refractivity contribution is 5.93. The molecular formula is C14H21N3O2. The van der Waals surface area contributed by atoms with Crippen LogP contribution in [0.3, 0.4) is 0 Å². The minimum Gasteiger partial charge on any atom is -0.619 e. The summed E-state index contributed by atoms with van der Waals surface area (Å²) in [6.07, 6.45) is 2.72. The van der Waals surface area contributed by atoms with Gasteiger partial charge in [0.25, 0.3) is 5.91 Å². The van der Waals surface area contributed by atoms with Gasteiger partial charge in [0, 0.05) is 37.8 Å². The van der Waals surface area contributed by atoms with E-state index >= 15 is 0 Å². The molecule has 0 saturated carbocycles. The molecule has 1 aliphatic heterocycles. The summed E-state index contributed by atoms with van der Waals surface area (Å²) in [5, 5.41) is 11.2. The lowest BCUT2D eigenvalue weighted by molar-refractivity contribution is -0.605. The van der Waals surface area contributed by atoms with Crippen molar-refractivity contribution in [3.63, 3.8) is 0 Å². The van der Waals surface area contributed by atoms with Crippen LogP contribution in [0.1, 0.15) is 31.1 Å². The van der Waals surface area contributed by atoms with Crippen LogP contribution < -0.4 is 4.73 Å². The first-order valence-electron chi connectivity index (χ1n) is 6.61. The molecule has 5 heteroatoms. The van der Waals surface area contributed by atoms with Crippen LogP contribution in [0.2, 0.25) is 0 Å². The molecule has 0 atom stereocenters. The highest BCUT2D eigenvalue weighted by Crippen LogP contribution is 2.16. The van der Waals surface area contributed by atoms with Crippen LogP contribution in [0, 0.1) is 5.21 Å². The maximum atomic E-state index is 12.3. The number of aromatic nitrogens is 1. The second kappa shape index (κ2) is 5.17. The number of nitrogens with zero attached hydrogens (tertiary/aromatic N) is 3. The van der Waals surface area contributed by atoms with E-state index in [9.17, 15) is 10.0 Å². The van der Waals surface area contributed by atoms with E-state index in [1.54, 1.807) is 12.1 Å². The maximum absolute atomic E-state index is 12.3. The summed E-state index contributed by atoms with van der Waals surface area (Å²) in [4.78, 5) is 16.5. The topological polar surface area (TPSA) is 50.5 Å². The summed E-state index contributed by atoms with van der Waals surface area (Å²) in [5.74, 6) is -0.0567. The number of piperazine rings is 1. The lowest BCUT2D eigenvalue weighted by atomic mass is 10.0. The van der Waals surface area contributed by atoms with Gasteiger partial charge in [0.05, 0.1) is 0 Å². The van der Waals surface area contributed by atoms with Gasteiger partial charge in [-0.25, -0.2) is 0 Å². The van der Waals surface area contributed by atoms with Crippen LogP contribution in [0.25, 0.3) is 0 Å². The largest absolute Gasteiger partial charge is 0.619 e. The molecule has 1 fully saturated rings. The van der Waals surface area contributed by atoms with Crippen molar-refractivity contribution >= 4 is 5.91 Å². The molecule has 1 saturated heterocycles. The number of rotatable bonds is 1. The van der Waals surface area contributed by atoms with Gasteiger partial charge in [-0.2, -0.15) is 4.73 Å². The van der Waals surface area contributed by atoms with Crippen molar-refractivity contribution in [2.45, 2.75) is 26.3 Å². The Bertz CT molecular complexity index is 460. The fourth-order valence-electron chi connectivity index (χ4n) is 2.34. The number of carbonyl (C=O) groups excluding carboxylic acids is 1. The highest BCUT2D eigenvalue weighted by Gasteiger charge is 2.28. The van der Waals surface area contributed by atoms with Gasteiger partial charge < -0.3 is 10.1 Å². The monoisotopic (exact) mass is 263 g/mol. The summed E-state index contributed by atoms with van der Waals surface area (Å²) in [6, 6.07) is 3.29. The lowest BCUT2D eigenvalue weighted by Gasteiger charge is -2.42. The first-order chi connectivity index (χ1) is 8.88. The SMILES string of the molecule is CC(C)(C)N1CCN(C(=O)c2ccc[n+]([O-])c2)CC1. The molecule has 2 rings (SSSR count). The number of hydrogen-bond donors (Lipinski definition) is 0. The lowest BCUT2D eigenvalue weighted by Crippen LogP contribution is -2.54. The number of amides is 1. The molecule has 5 nitrogen and oxygen atoms in total. The van der Waals surface area contributed by atoms with Gasteiger partial charge in [-0.3, -0.25) is 9.69 Å². The molecule has 19 heavy (non-hydrogen) atoms. The van der Waals surface area contributed by atoms with Crippen LogP contribution >= 0.6 is 0 Å². The molecule has 1 amide bonds. The minimum atomic E-state index is -0.0567. The zero-order valence-electron chi connectivity index (χ0n) is 11.8. The molecule has 0 aliphatic carbocycles. The van der Waals surface area contributed by atoms with Crippen LogP contribution in [0.4, 0.5) is 0 Å². The number of hydrogen-bond acceptors (Lipinski definition) is 3. The zero-order chi connectivity index (χ0) is 14.0. The Morgan fingerprint density at radius 3 is 2.42 bits per heavy atom. The average Bonchev–Trinajstić information content (AvgIpc) is 2.37. The van der Waals surface area contributed by atoms with Crippen LogP contribution in [0.5, 0.6) is 0 Å². The Morgan fingerprint density at radius 1 is 1.26 bits per heavy atom. The van der Waals surface area contributed by atoms with Gasteiger partial charge in [-0.05, 0) is 26.8 Å². The molecular weight excluding hydrogens is 242 g/mol. The molecule has 2 heterocycles. The summed E-state index contributed by atoms with van der Waals surface area (Å²) >= 11 is 0. The molecule has 104 valence electrons. The van der Waals surface area contributed by atoms with Crippen molar-refractivity contribution in [3.8, 4) is 0 Å². The van der Waals surface area contributed by atoms with Crippen LogP contribution in [0.15, 0.2) is 24.5 Å². The van der Waals surface area contributed by atoms with Crippen LogP contribution in [-0.2, 0) is 0 Å². The summed E-state index contributed by atoms with van der Waals surface area (Å²) in [6.45, 7) is 9.72. The summed E-state index contributed by atoms with van der Waals surface area (Å²) < 4.78 is 0.665. The van der Waals surface area contributed by atoms with Crippen molar-refractivity contribution in [1.29, 1.82) is 0 Å². The third-order valence-corrected chi connectivity index (χ3v) is 3.54. The van der Waals surface area contributed by atoms with Crippen molar-refractivity contribution in [2.24, 2.45) is 0 Å². The number of pyridine rings is 1. The average molecular weight is 263 g/mol. The molecule has 0 bridgehead atoms. The van der Waals surface area contributed by atoms with Crippen molar-refractivity contribution in [3.05, 3.63) is 35.3 Å². The fraction of sp³-hybridized carbons (Fsp3) is 0.571. The van der Waals surface area contributed by atoms with E-state index in [0.717, 1.165) is 13.1 Å². The normalized spacial score (nSPS) is 17.5. The molecule has 1 aromatic rings. The highest BCUT2D eigenvalue weighted by atomic mass is 16.5. The van der Waals surface area contributed by atoms with Gasteiger partial charge >= 0.3 is 0 Å². The van der Waals surface area contributed by atoms with Crippen molar-refractivity contribution < 1.29 is 9.52 Å². The molecule has 0 unspecified atom stereocenters. The zero-order valence-corrected chi connectivity index (χ0v) is 11.8. The van der Waals surface area contributed by atoms with E-state index in [4.69, 9.17) is 0 Å². The van der Waals surface area contributed by atoms with E-state index in [1.807, 2.05) is 4.90 Å². The van der Waals surface area contributed by atoms with E-state index in [-0.39, 0.29) is 11.4 Å². The Morgan fingerprint density at radius 2 is 1.89 bits per heavy atom. The quantitative estimate of drug-likeness (QED) is 0.558. The van der Waals surface area contributed by atoms with Gasteiger partial charge in [0.15, 0.2) is 12.4 Å². The van der Waals surface area contributed by atoms with Crippen molar-refractivity contribution in [2.75, 3.05) is 26.2 Å². The Hall–Kier alpha value is -1.62. The van der Waals surface area contributed by atoms with Gasteiger partial charge in [-0.15, -0.1) is 0 Å². The maximum Gasteiger partial charge on any atom is 0.260 e. The first-order valence-corrected chi connectivity index (χ1v) is 6.61. The standard InChI is InChI=1S/C14H21N3O2/c1-14(2,3)16-9-7-15(8-10-16)13(18)12-5-4-6-17(19)11-12/h4-6,11H,7-10H2,1-3H3. The second-order valence-corrected chi connectivity index (χ2v) is 5.90. The second-order valence-electron chi connectivity index (χ2n) is 5.90. The Kier molecular flexibility index (Phi) is 3.75. The molecule has 0 radical (unpaired) electrons. The minimum absolute atomic E-state index is 0.0567. The van der Waals surface area contributed by atoms with E-state index in [2.05, 4.69) is 25.7 Å². The van der Waals surface area contributed by atoms with Gasteiger partial charge in [-0.1, -0.05) is 0 Å². The molecule has 1 aromatic heterocycles. The fourth-order valence-corrected chi connectivity index (χ4v) is 2.34. The molecule has 0 aromatic carbocycles. The Labute approximate surface area is 114 Å². The third-order valence-electron chi connectivity index (χ3n) is 3.54. The smallest absolute Gasteiger partial charge is 0.260 e. The predicted octanol–water partition coefficient (Wildman–Crippen LogP) is 0.876. The van der Waals surface area contributed by atoms with E-state index < -0.39 is 0 Å². The summed E-state index contributed by atoms with van der Waals surface area (Å²) in [5.41, 5.74) is 0.599. The van der Waals surface area contributed by atoms with E-state index in [0.29, 0.717) is 23.4 Å². The Balaban J connectivity index is 2.00. The predicted molar refractivity (Wildman–Crippen MR) is 72.6 cm³/mol. The first kappa shape index (κ1) is 13.8. The van der Waals surface area contributed by atoms with Gasteiger partial charge in [0.1, 0.15) is 5.56 Å². The number of carbonyl (C=O) groups is 1. The molecule has 1 aliphatic rings. The van der Waals surface area contributed by atoms with Crippen molar-refractivity contribution in [1.82, 2.24) is 9.80 Å². The van der Waals surface area contributed by atoms with Crippen LogP contribution in [-0.4, -0.2) is 47.4 Å². The molecule has 0 N–H and O–H groups in total. The third kappa shape index (κ3) is 3.23. The van der Waals surface area contributed by atoms with Gasteiger partial charge in [0.2, 0.25) is 0 Å². The van der Waals surface area contributed by atoms with E-state index in [1.165, 1.54) is 12.4 Å². The summed E-state index contributed by atoms with van der Waals surface area (Å²) in [7, 11) is 0. The molecule has 0 spiro atoms.